The van der Waals surface area contributed by atoms with Crippen LogP contribution in [0, 0.1) is 0 Å². The molecular formula is C27H24Br3N3O3. The van der Waals surface area contributed by atoms with Gasteiger partial charge < -0.3 is 9.47 Å². The molecule has 1 heterocycles. The zero-order chi connectivity index (χ0) is 25.8. The Morgan fingerprint density at radius 2 is 1.83 bits per heavy atom. The highest BCUT2D eigenvalue weighted by Gasteiger charge is 2.18. The average molecular weight is 678 g/mol. The molecule has 9 heteroatoms. The molecule has 186 valence electrons. The summed E-state index contributed by atoms with van der Waals surface area (Å²) < 4.78 is 15.3. The number of hydrogen-bond donors (Lipinski definition) is 0. The molecule has 0 aliphatic heterocycles. The minimum absolute atomic E-state index is 0.0429. The van der Waals surface area contributed by atoms with Crippen LogP contribution in [0.3, 0.4) is 0 Å². The smallest absolute Gasteiger partial charge is 0.282 e. The second-order valence-electron chi connectivity index (χ2n) is 8.20. The Bertz CT molecular complexity index is 1490. The van der Waals surface area contributed by atoms with Gasteiger partial charge >= 0.3 is 0 Å². The predicted octanol–water partition coefficient (Wildman–Crippen LogP) is 7.67. The minimum Gasteiger partial charge on any atom is -0.493 e. The quantitative estimate of drug-likeness (QED) is 0.180. The van der Waals surface area contributed by atoms with Gasteiger partial charge in [0.25, 0.3) is 5.56 Å². The second kappa shape index (κ2) is 11.7. The number of ether oxygens (including phenoxy) is 2. The van der Waals surface area contributed by atoms with Gasteiger partial charge in [-0.2, -0.15) is 9.78 Å². The van der Waals surface area contributed by atoms with Crippen molar-refractivity contribution in [2.24, 2.45) is 5.10 Å². The second-order valence-corrected chi connectivity index (χ2v) is 10.7. The number of hydrogen-bond acceptors (Lipinski definition) is 5. The van der Waals surface area contributed by atoms with E-state index in [2.05, 4.69) is 59.8 Å². The normalized spacial score (nSPS) is 12.3. The molecule has 0 saturated carbocycles. The minimum atomic E-state index is -0.224. The topological polar surface area (TPSA) is 65.7 Å². The molecule has 4 aromatic rings. The molecule has 0 radical (unpaired) electrons. The highest BCUT2D eigenvalue weighted by molar-refractivity contribution is 9.13. The van der Waals surface area contributed by atoms with Crippen LogP contribution in [0.4, 0.5) is 0 Å². The van der Waals surface area contributed by atoms with Gasteiger partial charge in [0.15, 0.2) is 11.5 Å². The Morgan fingerprint density at radius 1 is 1.08 bits per heavy atom. The maximum Gasteiger partial charge on any atom is 0.282 e. The molecule has 1 aromatic heterocycles. The molecule has 0 fully saturated rings. The number of fused-ring (bicyclic) bond motifs is 1. The lowest BCUT2D eigenvalue weighted by Gasteiger charge is -2.16. The predicted molar refractivity (Wildman–Crippen MR) is 155 cm³/mol. The maximum absolute atomic E-state index is 13.4. The highest BCUT2D eigenvalue weighted by atomic mass is 79.9. The first kappa shape index (κ1) is 26.6. The van der Waals surface area contributed by atoms with E-state index in [-0.39, 0.29) is 11.5 Å². The van der Waals surface area contributed by atoms with Crippen LogP contribution in [-0.2, 0) is 6.61 Å². The molecule has 0 bridgehead atoms. The fraction of sp³-hybridized carbons (Fsp3) is 0.222. The number of aromatic nitrogens is 2. The van der Waals surface area contributed by atoms with Crippen molar-refractivity contribution >= 4 is 64.9 Å². The zero-order valence-corrected chi connectivity index (χ0v) is 24.7. The maximum atomic E-state index is 13.4. The molecule has 0 amide bonds. The molecule has 0 aliphatic rings. The Hall–Kier alpha value is -2.49. The van der Waals surface area contributed by atoms with Crippen molar-refractivity contribution in [1.82, 2.24) is 9.66 Å². The Balaban J connectivity index is 1.76. The van der Waals surface area contributed by atoms with Crippen LogP contribution in [0.25, 0.3) is 10.9 Å². The first-order valence-electron chi connectivity index (χ1n) is 11.3. The highest BCUT2D eigenvalue weighted by Crippen LogP contribution is 2.42. The van der Waals surface area contributed by atoms with Crippen molar-refractivity contribution in [3.05, 3.63) is 95.3 Å². The molecule has 0 unspecified atom stereocenters. The average Bonchev–Trinajstić information content (AvgIpc) is 2.89. The van der Waals surface area contributed by atoms with Crippen molar-refractivity contribution in [3.8, 4) is 11.5 Å². The van der Waals surface area contributed by atoms with Gasteiger partial charge in [0.05, 0.1) is 28.7 Å². The molecule has 6 nitrogen and oxygen atoms in total. The van der Waals surface area contributed by atoms with E-state index in [1.165, 1.54) is 4.68 Å². The van der Waals surface area contributed by atoms with E-state index in [4.69, 9.17) is 14.5 Å². The molecule has 0 aliphatic carbocycles. The van der Waals surface area contributed by atoms with Gasteiger partial charge in [0, 0.05) is 20.4 Å². The van der Waals surface area contributed by atoms with Gasteiger partial charge in [-0.3, -0.25) is 4.79 Å². The van der Waals surface area contributed by atoms with Crippen molar-refractivity contribution in [1.29, 1.82) is 0 Å². The van der Waals surface area contributed by atoms with Crippen LogP contribution in [-0.4, -0.2) is 23.0 Å². The van der Waals surface area contributed by atoms with Gasteiger partial charge in [-0.25, -0.2) is 4.98 Å². The number of rotatable bonds is 8. The molecule has 3 aromatic carbocycles. The van der Waals surface area contributed by atoms with Crippen LogP contribution in [0.2, 0.25) is 0 Å². The SMILES string of the molecule is CC[C@H](C)c1nc2ccc(Br)cc2c(=O)n1N=Cc1cc(OC)c(OCc2ccccc2)c(Br)c1Br. The third-order valence-electron chi connectivity index (χ3n) is 5.80. The zero-order valence-electron chi connectivity index (χ0n) is 20.0. The molecule has 4 rings (SSSR count). The van der Waals surface area contributed by atoms with Gasteiger partial charge in [0.1, 0.15) is 12.4 Å². The van der Waals surface area contributed by atoms with Crippen LogP contribution in [0.5, 0.6) is 11.5 Å². The van der Waals surface area contributed by atoms with E-state index in [1.807, 2.05) is 55.5 Å². The van der Waals surface area contributed by atoms with E-state index < -0.39 is 0 Å². The fourth-order valence-electron chi connectivity index (χ4n) is 3.61. The molecule has 36 heavy (non-hydrogen) atoms. The molecule has 1 atom stereocenters. The summed E-state index contributed by atoms with van der Waals surface area (Å²) in [7, 11) is 1.59. The number of benzene rings is 3. The summed E-state index contributed by atoms with van der Waals surface area (Å²) in [6, 6.07) is 17.2. The lowest BCUT2D eigenvalue weighted by atomic mass is 10.1. The van der Waals surface area contributed by atoms with Crippen molar-refractivity contribution in [2.75, 3.05) is 7.11 Å². The summed E-state index contributed by atoms with van der Waals surface area (Å²) in [6.07, 6.45) is 2.44. The van der Waals surface area contributed by atoms with Gasteiger partial charge in [-0.15, -0.1) is 0 Å². The summed E-state index contributed by atoms with van der Waals surface area (Å²) in [5.41, 5.74) is 2.18. The number of methoxy groups -OCH3 is 1. The van der Waals surface area contributed by atoms with E-state index >= 15 is 0 Å². The Labute approximate surface area is 234 Å². The monoisotopic (exact) mass is 675 g/mol. The van der Waals surface area contributed by atoms with Crippen LogP contribution >= 0.6 is 47.8 Å². The summed E-state index contributed by atoms with van der Waals surface area (Å²) >= 11 is 10.7. The van der Waals surface area contributed by atoms with Crippen molar-refractivity contribution < 1.29 is 9.47 Å². The molecule has 0 spiro atoms. The van der Waals surface area contributed by atoms with Crippen molar-refractivity contribution in [3.63, 3.8) is 0 Å². The molecule has 0 N–H and O–H groups in total. The Morgan fingerprint density at radius 3 is 2.53 bits per heavy atom. The van der Waals surface area contributed by atoms with Crippen molar-refractivity contribution in [2.45, 2.75) is 32.8 Å². The van der Waals surface area contributed by atoms with Gasteiger partial charge in [-0.05, 0) is 68.1 Å². The Kier molecular flexibility index (Phi) is 8.64. The number of halogens is 3. The van der Waals surface area contributed by atoms with Gasteiger partial charge in [0.2, 0.25) is 0 Å². The van der Waals surface area contributed by atoms with E-state index in [1.54, 1.807) is 19.4 Å². The van der Waals surface area contributed by atoms with Gasteiger partial charge in [-0.1, -0.05) is 60.1 Å². The summed E-state index contributed by atoms with van der Waals surface area (Å²) in [6.45, 7) is 4.48. The molecule has 0 saturated heterocycles. The van der Waals surface area contributed by atoms with Crippen LogP contribution in [0.15, 0.2) is 77.9 Å². The first-order chi connectivity index (χ1) is 17.3. The standard InChI is InChI=1S/C27H24Br3N3O3/c1-4-16(2)26-32-21-11-10-19(28)13-20(21)27(34)33(26)31-14-18-12-22(35-3)25(24(30)23(18)29)36-15-17-8-6-5-7-9-17/h5-14,16H,4,15H2,1-3H3/t16-/m0/s1. The first-order valence-corrected chi connectivity index (χ1v) is 13.7. The van der Waals surface area contributed by atoms with Crippen LogP contribution in [0.1, 0.15) is 43.1 Å². The summed E-state index contributed by atoms with van der Waals surface area (Å²) in [5, 5.41) is 5.08. The summed E-state index contributed by atoms with van der Waals surface area (Å²) in [5.74, 6) is 1.76. The summed E-state index contributed by atoms with van der Waals surface area (Å²) in [4.78, 5) is 18.2. The van der Waals surface area contributed by atoms with E-state index in [0.717, 1.165) is 20.9 Å². The van der Waals surface area contributed by atoms with E-state index in [0.29, 0.717) is 44.9 Å². The lowest BCUT2D eigenvalue weighted by molar-refractivity contribution is 0.282. The lowest BCUT2D eigenvalue weighted by Crippen LogP contribution is -2.23. The fourth-order valence-corrected chi connectivity index (χ4v) is 4.91. The van der Waals surface area contributed by atoms with E-state index in [9.17, 15) is 4.79 Å². The van der Waals surface area contributed by atoms with Crippen LogP contribution < -0.4 is 15.0 Å². The third kappa shape index (κ3) is 5.58. The third-order valence-corrected chi connectivity index (χ3v) is 8.44. The number of nitrogens with zero attached hydrogens (tertiary/aromatic N) is 3. The molecular weight excluding hydrogens is 654 g/mol. The largest absolute Gasteiger partial charge is 0.493 e.